The average molecular weight is 243 g/mol. The molecule has 0 bridgehead atoms. The minimum atomic E-state index is -4.51. The van der Waals surface area contributed by atoms with E-state index < -0.39 is 18.0 Å². The lowest BCUT2D eigenvalue weighted by Crippen LogP contribution is -2.28. The number of nitrogens with two attached hydrogens (primary N) is 1. The monoisotopic (exact) mass is 243 g/mol. The van der Waals surface area contributed by atoms with Crippen LogP contribution in [0.15, 0.2) is 36.4 Å². The van der Waals surface area contributed by atoms with Gasteiger partial charge in [0.25, 0.3) is 0 Å². The van der Waals surface area contributed by atoms with Crippen LogP contribution in [0.1, 0.15) is 11.6 Å². The van der Waals surface area contributed by atoms with Gasteiger partial charge in [0, 0.05) is 0 Å². The predicted octanol–water partition coefficient (Wildman–Crippen LogP) is 3.54. The molecule has 2 N–H and O–H groups in total. The summed E-state index contributed by atoms with van der Waals surface area (Å²) in [7, 11) is 0. The van der Waals surface area contributed by atoms with Crippen LogP contribution in [0.25, 0.3) is 10.8 Å². The number of benzene rings is 2. The third kappa shape index (κ3) is 2.24. The molecule has 17 heavy (non-hydrogen) atoms. The van der Waals surface area contributed by atoms with E-state index in [0.29, 0.717) is 10.8 Å². The molecule has 90 valence electrons. The Balaban J connectivity index is 2.63. The maximum absolute atomic E-state index is 12.9. The summed E-state index contributed by atoms with van der Waals surface area (Å²) in [6.45, 7) is 0. The van der Waals surface area contributed by atoms with E-state index in [1.165, 1.54) is 24.3 Å². The predicted molar refractivity (Wildman–Crippen MR) is 56.9 cm³/mol. The van der Waals surface area contributed by atoms with Crippen molar-refractivity contribution >= 4 is 10.8 Å². The zero-order valence-corrected chi connectivity index (χ0v) is 8.63. The van der Waals surface area contributed by atoms with E-state index in [0.717, 1.165) is 6.07 Å². The molecule has 0 saturated heterocycles. The Morgan fingerprint density at radius 2 is 1.76 bits per heavy atom. The summed E-state index contributed by atoms with van der Waals surface area (Å²) >= 11 is 0. The Hall–Kier alpha value is -1.62. The molecular weight excluding hydrogens is 234 g/mol. The summed E-state index contributed by atoms with van der Waals surface area (Å²) in [4.78, 5) is 0. The van der Waals surface area contributed by atoms with E-state index in [9.17, 15) is 17.6 Å². The van der Waals surface area contributed by atoms with E-state index in [2.05, 4.69) is 0 Å². The lowest BCUT2D eigenvalue weighted by molar-refractivity contribution is -0.148. The van der Waals surface area contributed by atoms with Crippen LogP contribution in [-0.2, 0) is 0 Å². The molecule has 0 radical (unpaired) electrons. The Morgan fingerprint density at radius 1 is 1.06 bits per heavy atom. The average Bonchev–Trinajstić information content (AvgIpc) is 2.25. The molecule has 0 amide bonds. The van der Waals surface area contributed by atoms with Crippen molar-refractivity contribution in [1.29, 1.82) is 0 Å². The van der Waals surface area contributed by atoms with Gasteiger partial charge in [-0.05, 0) is 28.5 Å². The third-order valence-corrected chi connectivity index (χ3v) is 2.56. The molecule has 0 aliphatic carbocycles. The Kier molecular flexibility index (Phi) is 2.79. The number of hydrogen-bond acceptors (Lipinski definition) is 1. The standard InChI is InChI=1S/C12H9F4N/c13-8-4-5-9-7(6-8)2-1-3-10(9)11(17)12(14,15)16/h1-6,11H,17H2/t11-/m0/s1. The van der Waals surface area contributed by atoms with Gasteiger partial charge in [-0.3, -0.25) is 0 Å². The maximum atomic E-state index is 12.9. The van der Waals surface area contributed by atoms with E-state index in [4.69, 9.17) is 5.73 Å². The maximum Gasteiger partial charge on any atom is 0.407 e. The number of alkyl halides is 3. The van der Waals surface area contributed by atoms with Crippen LogP contribution < -0.4 is 5.73 Å². The highest BCUT2D eigenvalue weighted by atomic mass is 19.4. The van der Waals surface area contributed by atoms with E-state index in [1.54, 1.807) is 6.07 Å². The number of rotatable bonds is 1. The normalized spacial score (nSPS) is 13.9. The molecule has 0 aliphatic heterocycles. The number of halogens is 4. The fraction of sp³-hybridized carbons (Fsp3) is 0.167. The number of fused-ring (bicyclic) bond motifs is 1. The first kappa shape index (κ1) is 11.9. The van der Waals surface area contributed by atoms with Crippen molar-refractivity contribution in [2.45, 2.75) is 12.2 Å². The smallest absolute Gasteiger partial charge is 0.316 e. The van der Waals surface area contributed by atoms with E-state index >= 15 is 0 Å². The minimum absolute atomic E-state index is 0.0463. The molecule has 5 heteroatoms. The summed E-state index contributed by atoms with van der Waals surface area (Å²) < 4.78 is 50.6. The Labute approximate surface area is 94.8 Å². The topological polar surface area (TPSA) is 26.0 Å². The van der Waals surface area contributed by atoms with Crippen LogP contribution in [-0.4, -0.2) is 6.18 Å². The summed E-state index contributed by atoms with van der Waals surface area (Å²) in [5, 5.41) is 0.723. The molecule has 0 aromatic heterocycles. The van der Waals surface area contributed by atoms with Crippen molar-refractivity contribution in [3.05, 3.63) is 47.8 Å². The Morgan fingerprint density at radius 3 is 2.41 bits per heavy atom. The molecule has 0 fully saturated rings. The van der Waals surface area contributed by atoms with Crippen LogP contribution in [0.5, 0.6) is 0 Å². The first-order valence-corrected chi connectivity index (χ1v) is 4.90. The van der Waals surface area contributed by atoms with Crippen molar-refractivity contribution < 1.29 is 17.6 Å². The summed E-state index contributed by atoms with van der Waals surface area (Å²) in [6.07, 6.45) is -4.51. The Bertz CT molecular complexity index is 548. The van der Waals surface area contributed by atoms with Gasteiger partial charge in [-0.15, -0.1) is 0 Å². The van der Waals surface area contributed by atoms with Crippen LogP contribution in [0.2, 0.25) is 0 Å². The third-order valence-electron chi connectivity index (χ3n) is 2.56. The molecule has 2 aromatic carbocycles. The highest BCUT2D eigenvalue weighted by Crippen LogP contribution is 2.34. The van der Waals surface area contributed by atoms with Crippen LogP contribution in [0, 0.1) is 5.82 Å². The fourth-order valence-electron chi connectivity index (χ4n) is 1.73. The molecule has 2 aromatic rings. The van der Waals surface area contributed by atoms with E-state index in [1.807, 2.05) is 0 Å². The highest BCUT2D eigenvalue weighted by molar-refractivity contribution is 5.86. The molecular formula is C12H9F4N. The van der Waals surface area contributed by atoms with Gasteiger partial charge >= 0.3 is 6.18 Å². The molecule has 2 rings (SSSR count). The van der Waals surface area contributed by atoms with Gasteiger partial charge in [0.05, 0.1) is 0 Å². The number of hydrogen-bond donors (Lipinski definition) is 1. The second kappa shape index (κ2) is 4.00. The van der Waals surface area contributed by atoms with Gasteiger partial charge in [-0.1, -0.05) is 24.3 Å². The van der Waals surface area contributed by atoms with Gasteiger partial charge in [0.1, 0.15) is 11.9 Å². The lowest BCUT2D eigenvalue weighted by Gasteiger charge is -2.17. The molecule has 0 spiro atoms. The van der Waals surface area contributed by atoms with Crippen molar-refractivity contribution in [2.24, 2.45) is 5.73 Å². The van der Waals surface area contributed by atoms with Gasteiger partial charge in [0.15, 0.2) is 0 Å². The van der Waals surface area contributed by atoms with Gasteiger partial charge < -0.3 is 5.73 Å². The second-order valence-corrected chi connectivity index (χ2v) is 3.73. The van der Waals surface area contributed by atoms with Gasteiger partial charge in [0.2, 0.25) is 0 Å². The molecule has 1 nitrogen and oxygen atoms in total. The van der Waals surface area contributed by atoms with Crippen molar-refractivity contribution in [3.8, 4) is 0 Å². The van der Waals surface area contributed by atoms with E-state index in [-0.39, 0.29) is 5.56 Å². The zero-order valence-electron chi connectivity index (χ0n) is 8.63. The first-order valence-electron chi connectivity index (χ1n) is 4.90. The van der Waals surface area contributed by atoms with Crippen molar-refractivity contribution in [1.82, 2.24) is 0 Å². The van der Waals surface area contributed by atoms with Crippen molar-refractivity contribution in [3.63, 3.8) is 0 Å². The lowest BCUT2D eigenvalue weighted by atomic mass is 9.99. The summed E-state index contributed by atoms with van der Waals surface area (Å²) in [5.74, 6) is -0.491. The summed E-state index contributed by atoms with van der Waals surface area (Å²) in [5.41, 5.74) is 5.11. The zero-order chi connectivity index (χ0) is 12.6. The summed E-state index contributed by atoms with van der Waals surface area (Å²) in [6, 6.07) is 5.84. The second-order valence-electron chi connectivity index (χ2n) is 3.73. The molecule has 0 heterocycles. The molecule has 0 saturated carbocycles. The van der Waals surface area contributed by atoms with Crippen LogP contribution in [0.4, 0.5) is 17.6 Å². The highest BCUT2D eigenvalue weighted by Gasteiger charge is 2.38. The quantitative estimate of drug-likeness (QED) is 0.761. The van der Waals surface area contributed by atoms with Gasteiger partial charge in [-0.25, -0.2) is 4.39 Å². The van der Waals surface area contributed by atoms with Crippen molar-refractivity contribution in [2.75, 3.05) is 0 Å². The molecule has 0 unspecified atom stereocenters. The molecule has 0 aliphatic rings. The largest absolute Gasteiger partial charge is 0.407 e. The van der Waals surface area contributed by atoms with Crippen LogP contribution in [0.3, 0.4) is 0 Å². The minimum Gasteiger partial charge on any atom is -0.316 e. The molecule has 1 atom stereocenters. The first-order chi connectivity index (χ1) is 7.89. The SMILES string of the molecule is N[C@@H](c1cccc2cc(F)ccc12)C(F)(F)F. The van der Waals surface area contributed by atoms with Gasteiger partial charge in [-0.2, -0.15) is 13.2 Å². The fourth-order valence-corrected chi connectivity index (χ4v) is 1.73. The van der Waals surface area contributed by atoms with Crippen LogP contribution >= 0.6 is 0 Å².